The lowest BCUT2D eigenvalue weighted by Gasteiger charge is -2.37. The van der Waals surface area contributed by atoms with Gasteiger partial charge in [-0.15, -0.1) is 0 Å². The van der Waals surface area contributed by atoms with Crippen molar-refractivity contribution in [2.24, 2.45) is 4.99 Å². The summed E-state index contributed by atoms with van der Waals surface area (Å²) in [6.45, 7) is 7.15. The third-order valence-corrected chi connectivity index (χ3v) is 5.69. The molecule has 1 atom stereocenters. The number of nitrogens with one attached hydrogen (secondary N) is 1. The lowest BCUT2D eigenvalue weighted by Crippen LogP contribution is -2.55. The van der Waals surface area contributed by atoms with Crippen molar-refractivity contribution < 1.29 is 14.3 Å². The van der Waals surface area contributed by atoms with Crippen molar-refractivity contribution in [3.8, 4) is 5.75 Å². The molecule has 0 aromatic heterocycles. The highest BCUT2D eigenvalue weighted by atomic mass is 35.5. The number of amides is 1. The van der Waals surface area contributed by atoms with Crippen molar-refractivity contribution >= 4 is 23.5 Å². The fraction of sp³-hybridized carbons (Fsp3) is 0.619. The standard InChI is InChI=1S/C21H31ClN4O3/c1-3-23-21(24-9-8-16-6-7-17(28-2)15-18(16)22)26-12-10-25(11-13-26)20(27)19-5-4-14-29-19/h6-7,15,19H,3-5,8-14H2,1-2H3,(H,23,24). The predicted octanol–water partition coefficient (Wildman–Crippen LogP) is 2.18. The minimum Gasteiger partial charge on any atom is -0.497 e. The Labute approximate surface area is 178 Å². The van der Waals surface area contributed by atoms with Crippen LogP contribution in [0.2, 0.25) is 5.02 Å². The summed E-state index contributed by atoms with van der Waals surface area (Å²) in [6.07, 6.45) is 2.34. The zero-order valence-electron chi connectivity index (χ0n) is 17.3. The second kappa shape index (κ2) is 10.7. The van der Waals surface area contributed by atoms with E-state index in [1.54, 1.807) is 7.11 Å². The summed E-state index contributed by atoms with van der Waals surface area (Å²) in [5.41, 5.74) is 1.05. The van der Waals surface area contributed by atoms with Gasteiger partial charge in [-0.2, -0.15) is 0 Å². The molecule has 8 heteroatoms. The van der Waals surface area contributed by atoms with Crippen LogP contribution in [0.5, 0.6) is 5.75 Å². The first kappa shape index (κ1) is 21.7. The Kier molecular flexibility index (Phi) is 8.00. The number of guanidine groups is 1. The van der Waals surface area contributed by atoms with Gasteiger partial charge in [-0.1, -0.05) is 17.7 Å². The second-order valence-electron chi connectivity index (χ2n) is 7.26. The van der Waals surface area contributed by atoms with Crippen LogP contribution in [0, 0.1) is 0 Å². The van der Waals surface area contributed by atoms with Gasteiger partial charge in [0.25, 0.3) is 5.91 Å². The Hall–Kier alpha value is -1.99. The highest BCUT2D eigenvalue weighted by Gasteiger charge is 2.30. The van der Waals surface area contributed by atoms with Crippen LogP contribution < -0.4 is 10.1 Å². The first-order valence-electron chi connectivity index (χ1n) is 10.4. The van der Waals surface area contributed by atoms with Crippen LogP contribution in [-0.4, -0.2) is 80.8 Å². The molecule has 1 N–H and O–H groups in total. The first-order chi connectivity index (χ1) is 14.1. The molecule has 1 aromatic carbocycles. The summed E-state index contributed by atoms with van der Waals surface area (Å²) in [4.78, 5) is 21.4. The van der Waals surface area contributed by atoms with Gasteiger partial charge in [0.15, 0.2) is 5.96 Å². The number of benzene rings is 1. The number of hydrogen-bond donors (Lipinski definition) is 1. The van der Waals surface area contributed by atoms with Crippen LogP contribution in [-0.2, 0) is 16.0 Å². The molecule has 0 aliphatic carbocycles. The first-order valence-corrected chi connectivity index (χ1v) is 10.8. The van der Waals surface area contributed by atoms with Crippen molar-refractivity contribution in [3.05, 3.63) is 28.8 Å². The van der Waals surface area contributed by atoms with Gasteiger partial charge in [0.2, 0.25) is 0 Å². The highest BCUT2D eigenvalue weighted by Crippen LogP contribution is 2.22. The number of carbonyl (C=O) groups excluding carboxylic acids is 1. The van der Waals surface area contributed by atoms with E-state index in [1.165, 1.54) is 0 Å². The molecular weight excluding hydrogens is 392 g/mol. The Morgan fingerprint density at radius 2 is 2.07 bits per heavy atom. The molecule has 2 aliphatic heterocycles. The summed E-state index contributed by atoms with van der Waals surface area (Å²) < 4.78 is 10.7. The fourth-order valence-electron chi connectivity index (χ4n) is 3.68. The summed E-state index contributed by atoms with van der Waals surface area (Å²) in [5, 5.41) is 4.07. The van der Waals surface area contributed by atoms with Gasteiger partial charge in [0.1, 0.15) is 11.9 Å². The summed E-state index contributed by atoms with van der Waals surface area (Å²) in [6, 6.07) is 5.73. The van der Waals surface area contributed by atoms with Gasteiger partial charge in [-0.25, -0.2) is 0 Å². The lowest BCUT2D eigenvalue weighted by molar-refractivity contribution is -0.142. The number of carbonyl (C=O) groups is 1. The molecule has 2 fully saturated rings. The van der Waals surface area contributed by atoms with Gasteiger partial charge in [-0.05, 0) is 43.9 Å². The largest absolute Gasteiger partial charge is 0.497 e. The van der Waals surface area contributed by atoms with E-state index in [0.717, 1.165) is 56.2 Å². The molecule has 7 nitrogen and oxygen atoms in total. The van der Waals surface area contributed by atoms with Crippen LogP contribution in [0.4, 0.5) is 0 Å². The molecule has 29 heavy (non-hydrogen) atoms. The van der Waals surface area contributed by atoms with E-state index in [2.05, 4.69) is 17.1 Å². The van der Waals surface area contributed by atoms with E-state index in [4.69, 9.17) is 26.1 Å². The molecule has 1 unspecified atom stereocenters. The maximum atomic E-state index is 12.5. The number of methoxy groups -OCH3 is 1. The van der Waals surface area contributed by atoms with Crippen molar-refractivity contribution in [1.82, 2.24) is 15.1 Å². The third-order valence-electron chi connectivity index (χ3n) is 5.33. The fourth-order valence-corrected chi connectivity index (χ4v) is 3.95. The molecule has 0 bridgehead atoms. The molecule has 160 valence electrons. The molecule has 1 amide bonds. The molecule has 2 heterocycles. The van der Waals surface area contributed by atoms with E-state index < -0.39 is 0 Å². The zero-order chi connectivity index (χ0) is 20.6. The van der Waals surface area contributed by atoms with Crippen LogP contribution >= 0.6 is 11.6 Å². The second-order valence-corrected chi connectivity index (χ2v) is 7.66. The van der Waals surface area contributed by atoms with E-state index in [0.29, 0.717) is 31.3 Å². The number of rotatable bonds is 6. The molecule has 1 aromatic rings. The van der Waals surface area contributed by atoms with Crippen molar-refractivity contribution in [3.63, 3.8) is 0 Å². The molecule has 3 rings (SSSR count). The van der Waals surface area contributed by atoms with E-state index in [1.807, 2.05) is 23.1 Å². The van der Waals surface area contributed by atoms with E-state index in [-0.39, 0.29) is 12.0 Å². The maximum Gasteiger partial charge on any atom is 0.251 e. The topological polar surface area (TPSA) is 66.4 Å². The van der Waals surface area contributed by atoms with Gasteiger partial charge in [0.05, 0.1) is 7.11 Å². The van der Waals surface area contributed by atoms with Crippen LogP contribution in [0.25, 0.3) is 0 Å². The number of piperazine rings is 1. The third kappa shape index (κ3) is 5.76. The summed E-state index contributed by atoms with van der Waals surface area (Å²) in [7, 11) is 1.63. The number of hydrogen-bond acceptors (Lipinski definition) is 4. The quantitative estimate of drug-likeness (QED) is 0.562. The molecular formula is C21H31ClN4O3. The highest BCUT2D eigenvalue weighted by molar-refractivity contribution is 6.31. The predicted molar refractivity (Wildman–Crippen MR) is 115 cm³/mol. The smallest absolute Gasteiger partial charge is 0.251 e. The molecule has 2 saturated heterocycles. The molecule has 0 saturated carbocycles. The Morgan fingerprint density at radius 1 is 1.31 bits per heavy atom. The Balaban J connectivity index is 1.53. The summed E-state index contributed by atoms with van der Waals surface area (Å²) >= 11 is 6.33. The minimum atomic E-state index is -0.238. The molecule has 2 aliphatic rings. The molecule has 0 spiro atoms. The minimum absolute atomic E-state index is 0.137. The lowest BCUT2D eigenvalue weighted by atomic mass is 10.1. The van der Waals surface area contributed by atoms with Crippen LogP contribution in [0.15, 0.2) is 23.2 Å². The van der Waals surface area contributed by atoms with Crippen LogP contribution in [0.3, 0.4) is 0 Å². The zero-order valence-corrected chi connectivity index (χ0v) is 18.1. The average Bonchev–Trinajstić information content (AvgIpc) is 3.28. The number of nitrogens with zero attached hydrogens (tertiary/aromatic N) is 3. The van der Waals surface area contributed by atoms with Gasteiger partial charge >= 0.3 is 0 Å². The van der Waals surface area contributed by atoms with Gasteiger partial charge < -0.3 is 24.6 Å². The van der Waals surface area contributed by atoms with E-state index in [9.17, 15) is 4.79 Å². The average molecular weight is 423 g/mol. The SMILES string of the molecule is CCNC(=NCCc1ccc(OC)cc1Cl)N1CCN(C(=O)C2CCCO2)CC1. The van der Waals surface area contributed by atoms with E-state index >= 15 is 0 Å². The van der Waals surface area contributed by atoms with Crippen molar-refractivity contribution in [1.29, 1.82) is 0 Å². The number of ether oxygens (including phenoxy) is 2. The normalized spacial score (nSPS) is 20.1. The Morgan fingerprint density at radius 3 is 2.69 bits per heavy atom. The van der Waals surface area contributed by atoms with Crippen LogP contribution in [0.1, 0.15) is 25.3 Å². The molecule has 0 radical (unpaired) electrons. The van der Waals surface area contributed by atoms with Crippen molar-refractivity contribution in [2.45, 2.75) is 32.3 Å². The van der Waals surface area contributed by atoms with Gasteiger partial charge in [-0.3, -0.25) is 9.79 Å². The van der Waals surface area contributed by atoms with Gasteiger partial charge in [0, 0.05) is 50.9 Å². The maximum absolute atomic E-state index is 12.5. The number of aliphatic imine (C=N–C) groups is 1. The van der Waals surface area contributed by atoms with Crippen molar-refractivity contribution in [2.75, 3.05) is 53.0 Å². The number of halogens is 1. The monoisotopic (exact) mass is 422 g/mol. The Bertz CT molecular complexity index is 714. The summed E-state index contributed by atoms with van der Waals surface area (Å²) in [5.74, 6) is 1.78.